The minimum absolute atomic E-state index is 0.0303. The Balaban J connectivity index is 3.09. The van der Waals surface area contributed by atoms with E-state index < -0.39 is 0 Å². The molecule has 0 aliphatic carbocycles. The molecule has 1 N–H and O–H groups in total. The van der Waals surface area contributed by atoms with Gasteiger partial charge in [-0.3, -0.25) is 0 Å². The van der Waals surface area contributed by atoms with Crippen LogP contribution in [0, 0.1) is 19.3 Å². The Labute approximate surface area is 84.1 Å². The summed E-state index contributed by atoms with van der Waals surface area (Å²) in [5.74, 6) is 2.67. The maximum Gasteiger partial charge on any atom is 0.0943 e. The van der Waals surface area contributed by atoms with E-state index in [0.29, 0.717) is 0 Å². The van der Waals surface area contributed by atoms with Crippen molar-refractivity contribution < 1.29 is 0 Å². The van der Waals surface area contributed by atoms with Gasteiger partial charge in [-0.1, -0.05) is 23.6 Å². The van der Waals surface area contributed by atoms with Gasteiger partial charge in [-0.15, -0.1) is 6.42 Å². The van der Waals surface area contributed by atoms with Gasteiger partial charge in [0.2, 0.25) is 0 Å². The highest BCUT2D eigenvalue weighted by molar-refractivity contribution is 6.30. The lowest BCUT2D eigenvalue weighted by molar-refractivity contribution is 0.732. The van der Waals surface area contributed by atoms with Crippen molar-refractivity contribution in [3.8, 4) is 12.3 Å². The standard InChI is InChI=1S/C11H12ClN/c1-4-11(13-3)10-6-5-9(12)7-8(10)2/h1,5-7,11,13H,2-3H3. The molecule has 0 spiro atoms. The molecule has 0 aliphatic heterocycles. The van der Waals surface area contributed by atoms with Crippen molar-refractivity contribution in [2.75, 3.05) is 7.05 Å². The maximum atomic E-state index is 5.84. The summed E-state index contributed by atoms with van der Waals surface area (Å²) in [5, 5.41) is 3.79. The van der Waals surface area contributed by atoms with Crippen LogP contribution in [0.1, 0.15) is 17.2 Å². The normalized spacial score (nSPS) is 12.2. The van der Waals surface area contributed by atoms with Crippen molar-refractivity contribution in [3.63, 3.8) is 0 Å². The summed E-state index contributed by atoms with van der Waals surface area (Å²) in [4.78, 5) is 0. The van der Waals surface area contributed by atoms with Crippen LogP contribution in [0.3, 0.4) is 0 Å². The largest absolute Gasteiger partial charge is 0.303 e. The highest BCUT2D eigenvalue weighted by Gasteiger charge is 2.07. The third kappa shape index (κ3) is 2.24. The molecular formula is C11H12ClN. The summed E-state index contributed by atoms with van der Waals surface area (Å²) in [6.45, 7) is 2.00. The Bertz CT molecular complexity index is 338. The van der Waals surface area contributed by atoms with E-state index in [1.165, 1.54) is 0 Å². The molecule has 68 valence electrons. The van der Waals surface area contributed by atoms with Gasteiger partial charge in [0.25, 0.3) is 0 Å². The average Bonchev–Trinajstić information content (AvgIpc) is 2.10. The predicted octanol–water partition coefficient (Wildman–Crippen LogP) is 2.54. The van der Waals surface area contributed by atoms with Gasteiger partial charge in [0, 0.05) is 5.02 Å². The highest BCUT2D eigenvalue weighted by Crippen LogP contribution is 2.20. The van der Waals surface area contributed by atoms with Crippen molar-refractivity contribution in [2.24, 2.45) is 0 Å². The molecule has 0 heterocycles. The molecule has 1 rings (SSSR count). The van der Waals surface area contributed by atoms with Gasteiger partial charge in [0.1, 0.15) is 0 Å². The molecule has 13 heavy (non-hydrogen) atoms. The Morgan fingerprint density at radius 3 is 2.69 bits per heavy atom. The first kappa shape index (κ1) is 10.1. The predicted molar refractivity (Wildman–Crippen MR) is 56.8 cm³/mol. The van der Waals surface area contributed by atoms with E-state index in [1.54, 1.807) is 0 Å². The lowest BCUT2D eigenvalue weighted by Crippen LogP contribution is -2.15. The molecule has 1 aromatic carbocycles. The lowest BCUT2D eigenvalue weighted by Gasteiger charge is -2.12. The molecule has 2 heteroatoms. The minimum atomic E-state index is -0.0303. The van der Waals surface area contributed by atoms with Crippen molar-refractivity contribution in [3.05, 3.63) is 34.3 Å². The molecule has 1 aromatic rings. The number of halogens is 1. The van der Waals surface area contributed by atoms with E-state index >= 15 is 0 Å². The first-order valence-corrected chi connectivity index (χ1v) is 4.46. The summed E-state index contributed by atoms with van der Waals surface area (Å²) in [6.07, 6.45) is 5.38. The number of terminal acetylenes is 1. The Hall–Kier alpha value is -0.970. The van der Waals surface area contributed by atoms with Crippen LogP contribution < -0.4 is 5.32 Å². The summed E-state index contributed by atoms with van der Waals surface area (Å²) >= 11 is 5.84. The van der Waals surface area contributed by atoms with Crippen molar-refractivity contribution in [1.82, 2.24) is 5.32 Å². The van der Waals surface area contributed by atoms with E-state index in [2.05, 4.69) is 11.2 Å². The van der Waals surface area contributed by atoms with Gasteiger partial charge < -0.3 is 5.32 Å². The number of rotatable bonds is 2. The molecule has 0 aliphatic rings. The third-order valence-electron chi connectivity index (χ3n) is 2.00. The fourth-order valence-electron chi connectivity index (χ4n) is 1.29. The Morgan fingerprint density at radius 2 is 2.23 bits per heavy atom. The molecule has 0 radical (unpaired) electrons. The van der Waals surface area contributed by atoms with Crippen LogP contribution in [0.5, 0.6) is 0 Å². The van der Waals surface area contributed by atoms with E-state index in [9.17, 15) is 0 Å². The first-order chi connectivity index (χ1) is 6.19. The van der Waals surface area contributed by atoms with Gasteiger partial charge in [0.15, 0.2) is 0 Å². The van der Waals surface area contributed by atoms with Crippen LogP contribution in [0.25, 0.3) is 0 Å². The van der Waals surface area contributed by atoms with E-state index in [0.717, 1.165) is 16.1 Å². The molecule has 0 fully saturated rings. The van der Waals surface area contributed by atoms with Gasteiger partial charge in [-0.05, 0) is 37.2 Å². The molecule has 0 saturated heterocycles. The molecule has 1 nitrogen and oxygen atoms in total. The van der Waals surface area contributed by atoms with Crippen molar-refractivity contribution >= 4 is 11.6 Å². The van der Waals surface area contributed by atoms with Gasteiger partial charge in [0.05, 0.1) is 6.04 Å². The maximum absolute atomic E-state index is 5.84. The SMILES string of the molecule is C#CC(NC)c1ccc(Cl)cc1C. The topological polar surface area (TPSA) is 12.0 Å². The number of aryl methyl sites for hydroxylation is 1. The smallest absolute Gasteiger partial charge is 0.0943 e. The monoisotopic (exact) mass is 193 g/mol. The van der Waals surface area contributed by atoms with Crippen LogP contribution >= 0.6 is 11.6 Å². The number of nitrogens with one attached hydrogen (secondary N) is 1. The van der Waals surface area contributed by atoms with Crippen molar-refractivity contribution in [1.29, 1.82) is 0 Å². The quantitative estimate of drug-likeness (QED) is 0.712. The zero-order valence-corrected chi connectivity index (χ0v) is 8.52. The number of benzene rings is 1. The average molecular weight is 194 g/mol. The second-order valence-electron chi connectivity index (χ2n) is 2.89. The van der Waals surface area contributed by atoms with Crippen LogP contribution in [-0.4, -0.2) is 7.05 Å². The first-order valence-electron chi connectivity index (χ1n) is 4.08. The highest BCUT2D eigenvalue weighted by atomic mass is 35.5. The van der Waals surface area contributed by atoms with Gasteiger partial charge in [-0.25, -0.2) is 0 Å². The Morgan fingerprint density at radius 1 is 1.54 bits per heavy atom. The van der Waals surface area contributed by atoms with E-state index in [4.69, 9.17) is 18.0 Å². The summed E-state index contributed by atoms with van der Waals surface area (Å²) in [6, 6.07) is 5.69. The minimum Gasteiger partial charge on any atom is -0.303 e. The molecule has 0 bridgehead atoms. The summed E-state index contributed by atoms with van der Waals surface area (Å²) in [5.41, 5.74) is 2.22. The molecule has 0 saturated carbocycles. The number of hydrogen-bond donors (Lipinski definition) is 1. The second kappa shape index (κ2) is 4.32. The van der Waals surface area contributed by atoms with Crippen molar-refractivity contribution in [2.45, 2.75) is 13.0 Å². The second-order valence-corrected chi connectivity index (χ2v) is 3.33. The summed E-state index contributed by atoms with van der Waals surface area (Å²) in [7, 11) is 1.85. The number of hydrogen-bond acceptors (Lipinski definition) is 1. The van der Waals surface area contributed by atoms with Gasteiger partial charge >= 0.3 is 0 Å². The molecule has 0 aromatic heterocycles. The molecule has 1 atom stereocenters. The van der Waals surface area contributed by atoms with Gasteiger partial charge in [-0.2, -0.15) is 0 Å². The van der Waals surface area contributed by atoms with Crippen LogP contribution in [0.2, 0.25) is 5.02 Å². The van der Waals surface area contributed by atoms with Crippen LogP contribution in [0.4, 0.5) is 0 Å². The molecule has 0 amide bonds. The zero-order valence-electron chi connectivity index (χ0n) is 7.76. The summed E-state index contributed by atoms with van der Waals surface area (Å²) < 4.78 is 0. The Kier molecular flexibility index (Phi) is 3.36. The molecule has 1 unspecified atom stereocenters. The van der Waals surface area contributed by atoms with Crippen LogP contribution in [0.15, 0.2) is 18.2 Å². The third-order valence-corrected chi connectivity index (χ3v) is 2.23. The van der Waals surface area contributed by atoms with E-state index in [1.807, 2.05) is 32.2 Å². The zero-order chi connectivity index (χ0) is 9.84. The van der Waals surface area contributed by atoms with E-state index in [-0.39, 0.29) is 6.04 Å². The fraction of sp³-hybridized carbons (Fsp3) is 0.273. The fourth-order valence-corrected chi connectivity index (χ4v) is 1.52. The lowest BCUT2D eigenvalue weighted by atomic mass is 10.0. The molecular weight excluding hydrogens is 182 g/mol. The van der Waals surface area contributed by atoms with Crippen LogP contribution in [-0.2, 0) is 0 Å².